The molecule has 1 unspecified atom stereocenters. The molecule has 3 heteroatoms. The van der Waals surface area contributed by atoms with Gasteiger partial charge in [0.1, 0.15) is 0 Å². The van der Waals surface area contributed by atoms with Crippen molar-refractivity contribution in [3.05, 3.63) is 0 Å². The molecule has 1 aliphatic heterocycles. The van der Waals surface area contributed by atoms with Crippen LogP contribution in [0.15, 0.2) is 0 Å². The number of rotatable bonds is 2. The minimum Gasteiger partial charge on any atom is -0.377 e. The van der Waals surface area contributed by atoms with Crippen LogP contribution in [0.5, 0.6) is 0 Å². The maximum Gasteiger partial charge on any atom is 0.151 e. The van der Waals surface area contributed by atoms with Crippen LogP contribution >= 0.6 is 15.9 Å². The van der Waals surface area contributed by atoms with Crippen molar-refractivity contribution in [2.24, 2.45) is 5.41 Å². The molecule has 1 fully saturated rings. The zero-order valence-corrected chi connectivity index (χ0v) is 9.19. The lowest BCUT2D eigenvalue weighted by Gasteiger charge is -2.34. The standard InChI is InChI=1S/C9H15BrO2/c1-7-3-4-9(2,6-12-7)8(11)5-10/h7H,3-6H2,1-2H3/t7?,9-/m0/s1. The van der Waals surface area contributed by atoms with Crippen LogP contribution in [0.3, 0.4) is 0 Å². The van der Waals surface area contributed by atoms with Gasteiger partial charge in [0.2, 0.25) is 0 Å². The Morgan fingerprint density at radius 3 is 2.83 bits per heavy atom. The van der Waals surface area contributed by atoms with E-state index in [9.17, 15) is 4.79 Å². The van der Waals surface area contributed by atoms with Gasteiger partial charge in [-0.2, -0.15) is 0 Å². The quantitative estimate of drug-likeness (QED) is 0.685. The van der Waals surface area contributed by atoms with Gasteiger partial charge in [-0.3, -0.25) is 4.79 Å². The van der Waals surface area contributed by atoms with E-state index in [1.807, 2.05) is 6.92 Å². The molecule has 1 heterocycles. The molecule has 0 bridgehead atoms. The van der Waals surface area contributed by atoms with Gasteiger partial charge in [-0.15, -0.1) is 0 Å². The van der Waals surface area contributed by atoms with Gasteiger partial charge in [0.25, 0.3) is 0 Å². The van der Waals surface area contributed by atoms with Crippen LogP contribution in [0.2, 0.25) is 0 Å². The number of hydrogen-bond donors (Lipinski definition) is 0. The van der Waals surface area contributed by atoms with Gasteiger partial charge in [0, 0.05) is 0 Å². The van der Waals surface area contributed by atoms with Gasteiger partial charge < -0.3 is 4.74 Å². The van der Waals surface area contributed by atoms with Crippen molar-refractivity contribution in [2.75, 3.05) is 11.9 Å². The summed E-state index contributed by atoms with van der Waals surface area (Å²) >= 11 is 3.20. The van der Waals surface area contributed by atoms with Gasteiger partial charge in [-0.05, 0) is 19.8 Å². The molecule has 2 nitrogen and oxygen atoms in total. The molecule has 1 rings (SSSR count). The lowest BCUT2D eigenvalue weighted by molar-refractivity contribution is -0.135. The minimum atomic E-state index is -0.240. The van der Waals surface area contributed by atoms with E-state index in [1.54, 1.807) is 0 Å². The topological polar surface area (TPSA) is 26.3 Å². The average Bonchev–Trinajstić information content (AvgIpc) is 2.09. The van der Waals surface area contributed by atoms with E-state index in [2.05, 4.69) is 22.9 Å². The van der Waals surface area contributed by atoms with Gasteiger partial charge >= 0.3 is 0 Å². The Morgan fingerprint density at radius 2 is 2.42 bits per heavy atom. The van der Waals surface area contributed by atoms with Gasteiger partial charge in [-0.1, -0.05) is 22.9 Å². The molecule has 1 aliphatic rings. The Morgan fingerprint density at radius 1 is 1.75 bits per heavy atom. The van der Waals surface area contributed by atoms with E-state index in [0.717, 1.165) is 12.8 Å². The highest BCUT2D eigenvalue weighted by atomic mass is 79.9. The first kappa shape index (κ1) is 10.2. The molecule has 0 N–H and O–H groups in total. The van der Waals surface area contributed by atoms with Gasteiger partial charge in [0.05, 0.1) is 23.5 Å². The van der Waals surface area contributed by atoms with E-state index in [4.69, 9.17) is 4.74 Å². The molecular formula is C9H15BrO2. The molecule has 12 heavy (non-hydrogen) atoms. The summed E-state index contributed by atoms with van der Waals surface area (Å²) in [6.45, 7) is 4.62. The second-order valence-electron chi connectivity index (χ2n) is 3.78. The van der Waals surface area contributed by atoms with E-state index < -0.39 is 0 Å². The number of carbonyl (C=O) groups excluding carboxylic acids is 1. The zero-order valence-electron chi connectivity index (χ0n) is 7.60. The molecule has 0 saturated carbocycles. The molecule has 2 atom stereocenters. The third-order valence-electron chi connectivity index (χ3n) is 2.58. The summed E-state index contributed by atoms with van der Waals surface area (Å²) < 4.78 is 5.47. The van der Waals surface area contributed by atoms with Crippen molar-refractivity contribution in [3.63, 3.8) is 0 Å². The summed E-state index contributed by atoms with van der Waals surface area (Å²) in [5.41, 5.74) is -0.240. The van der Waals surface area contributed by atoms with Crippen molar-refractivity contribution in [2.45, 2.75) is 32.8 Å². The molecule has 0 aliphatic carbocycles. The number of hydrogen-bond acceptors (Lipinski definition) is 2. The normalized spacial score (nSPS) is 36.4. The van der Waals surface area contributed by atoms with Crippen LogP contribution in [0.25, 0.3) is 0 Å². The number of alkyl halides is 1. The Hall–Kier alpha value is 0.110. The van der Waals surface area contributed by atoms with Crippen molar-refractivity contribution in [1.29, 1.82) is 0 Å². The third kappa shape index (κ3) is 2.07. The molecule has 0 radical (unpaired) electrons. The Labute approximate surface area is 81.8 Å². The summed E-state index contributed by atoms with van der Waals surface area (Å²) in [5, 5.41) is 0.446. The number of ketones is 1. The predicted octanol–water partition coefficient (Wildman–Crippen LogP) is 2.16. The summed E-state index contributed by atoms with van der Waals surface area (Å²) in [4.78, 5) is 11.5. The number of halogens is 1. The fraction of sp³-hybridized carbons (Fsp3) is 0.889. The Bertz CT molecular complexity index is 171. The Kier molecular flexibility index (Phi) is 3.29. The second-order valence-corrected chi connectivity index (χ2v) is 4.34. The van der Waals surface area contributed by atoms with Crippen LogP contribution in [0.1, 0.15) is 26.7 Å². The summed E-state index contributed by atoms with van der Waals surface area (Å²) in [5.74, 6) is 0.259. The third-order valence-corrected chi connectivity index (χ3v) is 3.09. The molecule has 0 spiro atoms. The van der Waals surface area contributed by atoms with Gasteiger partial charge in [-0.25, -0.2) is 0 Å². The fourth-order valence-corrected chi connectivity index (χ4v) is 2.06. The van der Waals surface area contributed by atoms with Crippen molar-refractivity contribution >= 4 is 21.7 Å². The molecule has 0 aromatic heterocycles. The summed E-state index contributed by atoms with van der Waals surface area (Å²) in [6, 6.07) is 0. The van der Waals surface area contributed by atoms with E-state index in [0.29, 0.717) is 18.0 Å². The van der Waals surface area contributed by atoms with Crippen LogP contribution in [-0.2, 0) is 9.53 Å². The van der Waals surface area contributed by atoms with Crippen molar-refractivity contribution in [1.82, 2.24) is 0 Å². The smallest absolute Gasteiger partial charge is 0.151 e. The molecule has 0 aromatic rings. The van der Waals surface area contributed by atoms with Crippen molar-refractivity contribution < 1.29 is 9.53 Å². The van der Waals surface area contributed by atoms with Crippen LogP contribution in [0.4, 0.5) is 0 Å². The molecular weight excluding hydrogens is 220 g/mol. The maximum absolute atomic E-state index is 11.5. The maximum atomic E-state index is 11.5. The largest absolute Gasteiger partial charge is 0.377 e. The second kappa shape index (κ2) is 3.88. The zero-order chi connectivity index (χ0) is 9.19. The van der Waals surface area contributed by atoms with E-state index in [1.165, 1.54) is 0 Å². The van der Waals surface area contributed by atoms with Gasteiger partial charge in [0.15, 0.2) is 5.78 Å². The lowest BCUT2D eigenvalue weighted by atomic mass is 9.80. The first-order valence-electron chi connectivity index (χ1n) is 4.29. The van der Waals surface area contributed by atoms with E-state index >= 15 is 0 Å². The fourth-order valence-electron chi connectivity index (χ4n) is 1.38. The Balaban J connectivity index is 2.55. The van der Waals surface area contributed by atoms with Crippen LogP contribution in [-0.4, -0.2) is 23.8 Å². The first-order chi connectivity index (χ1) is 5.58. The molecule has 0 amide bonds. The SMILES string of the molecule is CC1CC[C@](C)(C(=O)CBr)CO1. The monoisotopic (exact) mass is 234 g/mol. The molecule has 0 aromatic carbocycles. The summed E-state index contributed by atoms with van der Waals surface area (Å²) in [7, 11) is 0. The first-order valence-corrected chi connectivity index (χ1v) is 5.41. The van der Waals surface area contributed by atoms with E-state index in [-0.39, 0.29) is 11.2 Å². The minimum absolute atomic E-state index is 0.240. The molecule has 1 saturated heterocycles. The highest BCUT2D eigenvalue weighted by molar-refractivity contribution is 9.09. The van der Waals surface area contributed by atoms with Crippen molar-refractivity contribution in [3.8, 4) is 0 Å². The average molecular weight is 235 g/mol. The molecule has 70 valence electrons. The number of ether oxygens (including phenoxy) is 1. The number of carbonyl (C=O) groups is 1. The highest BCUT2D eigenvalue weighted by Gasteiger charge is 2.36. The van der Waals surface area contributed by atoms with Crippen LogP contribution in [0, 0.1) is 5.41 Å². The lowest BCUT2D eigenvalue weighted by Crippen LogP contribution is -2.39. The summed E-state index contributed by atoms with van der Waals surface area (Å²) in [6.07, 6.45) is 2.27. The number of Topliss-reactive ketones (excluding diaryl/α,β-unsaturated/α-hetero) is 1. The predicted molar refractivity (Wildman–Crippen MR) is 51.6 cm³/mol. The highest BCUT2D eigenvalue weighted by Crippen LogP contribution is 2.31. The van der Waals surface area contributed by atoms with Crippen LogP contribution < -0.4 is 0 Å².